The zero-order valence-corrected chi connectivity index (χ0v) is 17.7. The molecule has 0 amide bonds. The lowest BCUT2D eigenvalue weighted by Gasteiger charge is -2.09. The summed E-state index contributed by atoms with van der Waals surface area (Å²) in [6, 6.07) is 12.8. The summed E-state index contributed by atoms with van der Waals surface area (Å²) in [6.45, 7) is 3.56. The van der Waals surface area contributed by atoms with Gasteiger partial charge in [-0.2, -0.15) is 4.98 Å². The summed E-state index contributed by atoms with van der Waals surface area (Å²) >= 11 is 0. The molecule has 0 bridgehead atoms. The first-order valence-electron chi connectivity index (χ1n) is 10.0. The number of phenols is 1. The van der Waals surface area contributed by atoms with E-state index >= 15 is 0 Å². The number of rotatable bonds is 3. The van der Waals surface area contributed by atoms with Crippen LogP contribution in [0.4, 0.5) is 4.39 Å². The summed E-state index contributed by atoms with van der Waals surface area (Å²) in [7, 11) is 1.54. The van der Waals surface area contributed by atoms with Crippen LogP contribution >= 0.6 is 0 Å². The molecule has 2 aromatic carbocycles. The standard InChI is InChI=1S/C23H20FN5O3/c1-13-14(2)29-19-20(25-22(29)28(13)16-8-6-9-17(30)11-16)26(3)23(32)27(21(19)31)12-15-7-4-5-10-18(15)24/h4-11,30H,12H2,1-3H3. The maximum atomic E-state index is 14.2. The lowest BCUT2D eigenvalue weighted by Crippen LogP contribution is -2.39. The largest absolute Gasteiger partial charge is 0.508 e. The lowest BCUT2D eigenvalue weighted by molar-refractivity contribution is 0.475. The molecule has 9 heteroatoms. The molecule has 5 rings (SSSR count). The number of aryl methyl sites for hydroxylation is 2. The van der Waals surface area contributed by atoms with Gasteiger partial charge in [0.1, 0.15) is 11.6 Å². The van der Waals surface area contributed by atoms with Crippen LogP contribution in [0.2, 0.25) is 0 Å². The molecule has 32 heavy (non-hydrogen) atoms. The molecule has 0 saturated heterocycles. The second kappa shape index (κ2) is 6.94. The van der Waals surface area contributed by atoms with Crippen LogP contribution in [0.5, 0.6) is 5.75 Å². The van der Waals surface area contributed by atoms with Crippen LogP contribution in [0.15, 0.2) is 58.1 Å². The van der Waals surface area contributed by atoms with Crippen molar-refractivity contribution in [2.24, 2.45) is 7.05 Å². The molecule has 0 unspecified atom stereocenters. The minimum absolute atomic E-state index is 0.0992. The first-order chi connectivity index (χ1) is 15.3. The molecule has 3 heterocycles. The molecule has 0 aliphatic heterocycles. The highest BCUT2D eigenvalue weighted by molar-refractivity contribution is 5.77. The van der Waals surface area contributed by atoms with Crippen LogP contribution in [0.1, 0.15) is 17.0 Å². The maximum Gasteiger partial charge on any atom is 0.332 e. The van der Waals surface area contributed by atoms with Crippen molar-refractivity contribution >= 4 is 16.9 Å². The molecule has 0 atom stereocenters. The molecule has 8 nitrogen and oxygen atoms in total. The highest BCUT2D eigenvalue weighted by Gasteiger charge is 2.23. The van der Waals surface area contributed by atoms with Crippen molar-refractivity contribution in [3.63, 3.8) is 0 Å². The molecular weight excluding hydrogens is 413 g/mol. The number of imidazole rings is 2. The predicted octanol–water partition coefficient (Wildman–Crippen LogP) is 2.65. The van der Waals surface area contributed by atoms with Crippen LogP contribution in [0.25, 0.3) is 22.6 Å². The van der Waals surface area contributed by atoms with Crippen molar-refractivity contribution in [1.82, 2.24) is 23.1 Å². The molecule has 0 radical (unpaired) electrons. The van der Waals surface area contributed by atoms with E-state index in [2.05, 4.69) is 4.98 Å². The molecule has 0 aliphatic carbocycles. The quantitative estimate of drug-likeness (QED) is 0.474. The first kappa shape index (κ1) is 19.8. The number of aromatic hydroxyl groups is 1. The van der Waals surface area contributed by atoms with E-state index in [1.54, 1.807) is 40.8 Å². The third-order valence-corrected chi connectivity index (χ3v) is 5.89. The van der Waals surface area contributed by atoms with Gasteiger partial charge in [0, 0.05) is 30.1 Å². The van der Waals surface area contributed by atoms with Gasteiger partial charge >= 0.3 is 5.69 Å². The van der Waals surface area contributed by atoms with E-state index < -0.39 is 17.1 Å². The lowest BCUT2D eigenvalue weighted by atomic mass is 10.2. The average Bonchev–Trinajstić information content (AvgIpc) is 3.26. The number of benzene rings is 2. The fraction of sp³-hybridized carbons (Fsp3) is 0.174. The molecule has 0 saturated carbocycles. The number of fused-ring (bicyclic) bond motifs is 3. The van der Waals surface area contributed by atoms with Crippen molar-refractivity contribution in [3.05, 3.63) is 92.1 Å². The molecule has 0 spiro atoms. The van der Waals surface area contributed by atoms with E-state index in [1.165, 1.54) is 17.7 Å². The topological polar surface area (TPSA) is 86.5 Å². The number of phenolic OH excluding ortho intramolecular Hbond substituents is 1. The smallest absolute Gasteiger partial charge is 0.332 e. The van der Waals surface area contributed by atoms with E-state index in [-0.39, 0.29) is 29.0 Å². The van der Waals surface area contributed by atoms with Crippen molar-refractivity contribution < 1.29 is 9.50 Å². The Morgan fingerprint density at radius 1 is 1.03 bits per heavy atom. The number of hydrogen-bond acceptors (Lipinski definition) is 4. The SMILES string of the molecule is Cc1c(C)n2c3c(=O)n(Cc4ccccc4F)c(=O)n(C)c3nc2n1-c1cccc(O)c1. The first-order valence-corrected chi connectivity index (χ1v) is 10.0. The molecule has 162 valence electrons. The van der Waals surface area contributed by atoms with Crippen LogP contribution in [0.3, 0.4) is 0 Å². The Labute approximate surface area is 181 Å². The minimum Gasteiger partial charge on any atom is -0.508 e. The predicted molar refractivity (Wildman–Crippen MR) is 118 cm³/mol. The maximum absolute atomic E-state index is 14.2. The summed E-state index contributed by atoms with van der Waals surface area (Å²) in [4.78, 5) is 31.1. The number of halogens is 1. The van der Waals surface area contributed by atoms with E-state index in [4.69, 9.17) is 0 Å². The van der Waals surface area contributed by atoms with Crippen molar-refractivity contribution in [2.45, 2.75) is 20.4 Å². The Morgan fingerprint density at radius 2 is 1.78 bits per heavy atom. The number of aromatic nitrogens is 5. The molecule has 3 aromatic heterocycles. The van der Waals surface area contributed by atoms with Gasteiger partial charge in [-0.3, -0.25) is 22.9 Å². The molecule has 1 N–H and O–H groups in total. The monoisotopic (exact) mass is 433 g/mol. The van der Waals surface area contributed by atoms with E-state index in [0.717, 1.165) is 16.0 Å². The molecular formula is C23H20FN5O3. The summed E-state index contributed by atoms with van der Waals surface area (Å²) in [5, 5.41) is 9.94. The van der Waals surface area contributed by atoms with Crippen molar-refractivity contribution in [3.8, 4) is 11.4 Å². The third kappa shape index (κ3) is 2.71. The van der Waals surface area contributed by atoms with Gasteiger partial charge in [-0.05, 0) is 32.0 Å². The normalized spacial score (nSPS) is 11.6. The fourth-order valence-corrected chi connectivity index (χ4v) is 4.13. The summed E-state index contributed by atoms with van der Waals surface area (Å²) < 4.78 is 20.1. The van der Waals surface area contributed by atoms with Gasteiger partial charge in [-0.15, -0.1) is 0 Å². The zero-order chi connectivity index (χ0) is 22.7. The zero-order valence-electron chi connectivity index (χ0n) is 17.7. The van der Waals surface area contributed by atoms with Gasteiger partial charge in [-0.25, -0.2) is 9.18 Å². The third-order valence-electron chi connectivity index (χ3n) is 5.89. The van der Waals surface area contributed by atoms with E-state index in [1.807, 2.05) is 24.5 Å². The van der Waals surface area contributed by atoms with E-state index in [9.17, 15) is 19.1 Å². The van der Waals surface area contributed by atoms with Gasteiger partial charge in [0.25, 0.3) is 5.56 Å². The highest BCUT2D eigenvalue weighted by Crippen LogP contribution is 2.26. The van der Waals surface area contributed by atoms with Crippen molar-refractivity contribution in [2.75, 3.05) is 0 Å². The second-order valence-electron chi connectivity index (χ2n) is 7.77. The minimum atomic E-state index is -0.579. The van der Waals surface area contributed by atoms with Gasteiger partial charge in [0.05, 0.1) is 12.2 Å². The van der Waals surface area contributed by atoms with Crippen LogP contribution in [-0.2, 0) is 13.6 Å². The molecule has 0 aliphatic rings. The Hall–Kier alpha value is -4.14. The molecule has 5 aromatic rings. The van der Waals surface area contributed by atoms with Gasteiger partial charge < -0.3 is 5.11 Å². The highest BCUT2D eigenvalue weighted by atomic mass is 19.1. The van der Waals surface area contributed by atoms with Crippen molar-refractivity contribution in [1.29, 1.82) is 0 Å². The van der Waals surface area contributed by atoms with E-state index in [0.29, 0.717) is 11.5 Å². The Balaban J connectivity index is 1.86. The second-order valence-corrected chi connectivity index (χ2v) is 7.77. The summed E-state index contributed by atoms with van der Waals surface area (Å²) in [6.07, 6.45) is 0. The fourth-order valence-electron chi connectivity index (χ4n) is 4.13. The van der Waals surface area contributed by atoms with Crippen LogP contribution < -0.4 is 11.2 Å². The van der Waals surface area contributed by atoms with Crippen LogP contribution in [-0.4, -0.2) is 28.2 Å². The van der Waals surface area contributed by atoms with Gasteiger partial charge in [0.2, 0.25) is 5.78 Å². The summed E-state index contributed by atoms with van der Waals surface area (Å²) in [5.74, 6) is 0.0561. The number of nitrogens with zero attached hydrogens (tertiary/aromatic N) is 5. The Morgan fingerprint density at radius 3 is 2.50 bits per heavy atom. The average molecular weight is 433 g/mol. The Bertz CT molecular complexity index is 1650. The van der Waals surface area contributed by atoms with Gasteiger partial charge in [0.15, 0.2) is 11.2 Å². The van der Waals surface area contributed by atoms with Gasteiger partial charge in [-0.1, -0.05) is 24.3 Å². The van der Waals surface area contributed by atoms with Crippen LogP contribution in [0, 0.1) is 19.7 Å². The summed E-state index contributed by atoms with van der Waals surface area (Å²) in [5.41, 5.74) is 1.85. The number of hydrogen-bond donors (Lipinski definition) is 1. The molecule has 0 fully saturated rings. The Kier molecular flexibility index (Phi) is 4.30.